The molecule has 0 aromatic carbocycles. The second-order valence-electron chi connectivity index (χ2n) is 0.968. The Balaban J connectivity index is 0. The highest BCUT2D eigenvalue weighted by molar-refractivity contribution is 5.85. The summed E-state index contributed by atoms with van der Waals surface area (Å²) in [7, 11) is 0. The third kappa shape index (κ3) is 2.33. The van der Waals surface area contributed by atoms with Gasteiger partial charge >= 0.3 is 0 Å². The number of halogens is 1. The fourth-order valence-corrected chi connectivity index (χ4v) is 0.231. The summed E-state index contributed by atoms with van der Waals surface area (Å²) < 4.78 is 0. The van der Waals surface area contributed by atoms with Gasteiger partial charge in [0.05, 0.1) is 9.82 Å². The minimum Gasteiger partial charge on any atom is -0.412 e. The van der Waals surface area contributed by atoms with E-state index in [1.165, 1.54) is 0 Å². The molecule has 8 nitrogen and oxygen atoms in total. The van der Waals surface area contributed by atoms with Gasteiger partial charge in [0.1, 0.15) is 5.21 Å². The molecular formula is CH4ClN5O3. The summed E-state index contributed by atoms with van der Waals surface area (Å²) >= 11 is 0. The lowest BCUT2D eigenvalue weighted by atomic mass is 11.4. The van der Waals surface area contributed by atoms with Crippen molar-refractivity contribution < 1.29 is 10.5 Å². The van der Waals surface area contributed by atoms with Gasteiger partial charge in [0.2, 0.25) is 11.5 Å². The Labute approximate surface area is 60.7 Å². The standard InChI is InChI=1S/CHN5O2.ClH.H2O/c7-6(8)5-1-2-3-4-5;;/h1H;1H;1H2. The van der Waals surface area contributed by atoms with Gasteiger partial charge in [-0.1, -0.05) is 5.10 Å². The maximum Gasteiger partial charge on any atom is 0.213 e. The van der Waals surface area contributed by atoms with Crippen LogP contribution in [0.5, 0.6) is 0 Å². The summed E-state index contributed by atoms with van der Waals surface area (Å²) in [5.74, 6) is 0. The first kappa shape index (κ1) is 11.5. The van der Waals surface area contributed by atoms with Crippen LogP contribution in [0.2, 0.25) is 0 Å². The minimum absolute atomic E-state index is 0. The lowest BCUT2D eigenvalue weighted by molar-refractivity contribution is -0.553. The first-order valence-electron chi connectivity index (χ1n) is 1.68. The van der Waals surface area contributed by atoms with E-state index in [0.717, 1.165) is 6.33 Å². The molecule has 0 aliphatic rings. The van der Waals surface area contributed by atoms with E-state index in [2.05, 4.69) is 15.5 Å². The highest BCUT2D eigenvalue weighted by atomic mass is 35.5. The Morgan fingerprint density at radius 3 is 2.40 bits per heavy atom. The molecule has 2 N–H and O–H groups in total. The molecule has 0 unspecified atom stereocenters. The Morgan fingerprint density at radius 2 is 2.20 bits per heavy atom. The normalized spacial score (nSPS) is 7.20. The van der Waals surface area contributed by atoms with Crippen molar-refractivity contribution in [3.8, 4) is 0 Å². The molecule has 0 amide bonds. The lowest BCUT2D eigenvalue weighted by Gasteiger charge is -1.82. The van der Waals surface area contributed by atoms with E-state index in [9.17, 15) is 10.1 Å². The number of aromatic nitrogens is 4. The van der Waals surface area contributed by atoms with E-state index in [1.807, 2.05) is 0 Å². The summed E-state index contributed by atoms with van der Waals surface area (Å²) in [6.07, 6.45) is 0.903. The first-order valence-corrected chi connectivity index (χ1v) is 1.68. The van der Waals surface area contributed by atoms with Gasteiger partial charge in [-0.3, -0.25) is 0 Å². The van der Waals surface area contributed by atoms with E-state index >= 15 is 0 Å². The van der Waals surface area contributed by atoms with E-state index in [0.29, 0.717) is 4.79 Å². The Bertz CT molecular complexity index is 185. The number of rotatable bonds is 1. The summed E-state index contributed by atoms with van der Waals surface area (Å²) in [6.45, 7) is 0. The van der Waals surface area contributed by atoms with Gasteiger partial charge in [-0.2, -0.15) is 0 Å². The van der Waals surface area contributed by atoms with Crippen LogP contribution in [0.3, 0.4) is 0 Å². The summed E-state index contributed by atoms with van der Waals surface area (Å²) in [6, 6.07) is 0. The number of nitrogens with zero attached hydrogens (tertiary/aromatic N) is 5. The molecule has 0 radical (unpaired) electrons. The van der Waals surface area contributed by atoms with Crippen LogP contribution >= 0.6 is 12.4 Å². The molecule has 1 rings (SSSR count). The molecule has 9 heteroatoms. The molecule has 1 heterocycles. The highest BCUT2D eigenvalue weighted by Gasteiger charge is 1.98. The van der Waals surface area contributed by atoms with Crippen molar-refractivity contribution in [1.82, 2.24) is 20.3 Å². The average Bonchev–Trinajstić information content (AvgIpc) is 2.12. The topological polar surface area (TPSA) is 118 Å². The molecule has 0 aliphatic heterocycles. The maximum atomic E-state index is 9.69. The highest BCUT2D eigenvalue weighted by Crippen LogP contribution is 1.70. The van der Waals surface area contributed by atoms with Crippen molar-refractivity contribution in [3.63, 3.8) is 0 Å². The fourth-order valence-electron chi connectivity index (χ4n) is 0.231. The van der Waals surface area contributed by atoms with Crippen molar-refractivity contribution in [2.24, 2.45) is 0 Å². The zero-order chi connectivity index (χ0) is 5.98. The van der Waals surface area contributed by atoms with Gasteiger partial charge in [0, 0.05) is 0 Å². The zero-order valence-electron chi connectivity index (χ0n) is 4.54. The predicted molar refractivity (Wildman–Crippen MR) is 31.1 cm³/mol. The van der Waals surface area contributed by atoms with Gasteiger partial charge in [-0.05, 0) is 0 Å². The predicted octanol–water partition coefficient (Wildman–Crippen LogP) is -1.69. The van der Waals surface area contributed by atoms with Crippen LogP contribution in [0, 0.1) is 10.1 Å². The maximum absolute atomic E-state index is 9.69. The number of hydrogen-bond acceptors (Lipinski definition) is 5. The summed E-state index contributed by atoms with van der Waals surface area (Å²) in [5, 5.41) is 18.0. The number of hydrogen-bond donors (Lipinski definition) is 0. The van der Waals surface area contributed by atoms with E-state index < -0.39 is 5.03 Å². The van der Waals surface area contributed by atoms with E-state index in [4.69, 9.17) is 0 Å². The smallest absolute Gasteiger partial charge is 0.213 e. The van der Waals surface area contributed by atoms with Crippen LogP contribution in [0.25, 0.3) is 0 Å². The monoisotopic (exact) mass is 169 g/mol. The van der Waals surface area contributed by atoms with E-state index in [-0.39, 0.29) is 17.9 Å². The van der Waals surface area contributed by atoms with Crippen molar-refractivity contribution in [2.45, 2.75) is 0 Å². The van der Waals surface area contributed by atoms with Crippen LogP contribution in [0.4, 0.5) is 0 Å². The van der Waals surface area contributed by atoms with Crippen molar-refractivity contribution >= 4 is 12.4 Å². The molecule has 58 valence electrons. The molecule has 0 aliphatic carbocycles. The fraction of sp³-hybridized carbons (Fsp3) is 0. The SMILES string of the molecule is Cl.O.O=[N+]([O-])n1cnnn1. The second-order valence-corrected chi connectivity index (χ2v) is 0.968. The Hall–Kier alpha value is -1.28. The molecule has 0 atom stereocenters. The van der Waals surface area contributed by atoms with Crippen LogP contribution in [0.15, 0.2) is 6.33 Å². The van der Waals surface area contributed by atoms with Crippen LogP contribution in [-0.4, -0.2) is 30.8 Å². The average molecular weight is 170 g/mol. The van der Waals surface area contributed by atoms with Crippen LogP contribution in [0.1, 0.15) is 0 Å². The van der Waals surface area contributed by atoms with Crippen molar-refractivity contribution in [2.75, 3.05) is 0 Å². The van der Waals surface area contributed by atoms with Crippen LogP contribution in [-0.2, 0) is 0 Å². The van der Waals surface area contributed by atoms with E-state index in [1.54, 1.807) is 0 Å². The molecule has 10 heavy (non-hydrogen) atoms. The third-order valence-corrected chi connectivity index (χ3v) is 0.506. The lowest BCUT2D eigenvalue weighted by Crippen LogP contribution is -2.08. The van der Waals surface area contributed by atoms with Gasteiger partial charge in [-0.25, -0.2) is 0 Å². The summed E-state index contributed by atoms with van der Waals surface area (Å²) in [4.78, 5) is 10.1. The summed E-state index contributed by atoms with van der Waals surface area (Å²) in [5.41, 5.74) is 0. The Kier molecular flexibility index (Phi) is 5.28. The number of nitro groups is 1. The minimum atomic E-state index is -0.736. The van der Waals surface area contributed by atoms with Crippen LogP contribution < -0.4 is 0 Å². The van der Waals surface area contributed by atoms with Crippen molar-refractivity contribution in [1.29, 1.82) is 0 Å². The van der Waals surface area contributed by atoms with Crippen molar-refractivity contribution in [3.05, 3.63) is 16.4 Å². The Morgan fingerprint density at radius 1 is 1.60 bits per heavy atom. The largest absolute Gasteiger partial charge is 0.412 e. The second kappa shape index (κ2) is 4.58. The molecular weight excluding hydrogens is 165 g/mol. The van der Waals surface area contributed by atoms with Gasteiger partial charge < -0.3 is 15.6 Å². The molecule has 1 aromatic heterocycles. The zero-order valence-corrected chi connectivity index (χ0v) is 5.35. The molecule has 0 spiro atoms. The molecule has 0 bridgehead atoms. The molecule has 0 saturated heterocycles. The van der Waals surface area contributed by atoms with Gasteiger partial charge in [0.15, 0.2) is 0 Å². The quantitative estimate of drug-likeness (QED) is 0.367. The van der Waals surface area contributed by atoms with Gasteiger partial charge in [-0.15, -0.1) is 12.4 Å². The molecule has 0 fully saturated rings. The van der Waals surface area contributed by atoms with Gasteiger partial charge in [0.25, 0.3) is 0 Å². The number of tetrazole rings is 1. The molecule has 0 saturated carbocycles. The molecule has 1 aromatic rings. The third-order valence-electron chi connectivity index (χ3n) is 0.506. The first-order chi connectivity index (χ1) is 3.80.